The van der Waals surface area contributed by atoms with Crippen LogP contribution in [-0.2, 0) is 0 Å². The second-order valence-electron chi connectivity index (χ2n) is 8.77. The van der Waals surface area contributed by atoms with Crippen molar-refractivity contribution in [3.05, 3.63) is 43.9 Å². The first-order chi connectivity index (χ1) is 14.4. The summed E-state index contributed by atoms with van der Waals surface area (Å²) in [5.74, 6) is -0.0392. The van der Waals surface area contributed by atoms with Crippen LogP contribution in [0.15, 0.2) is 21.2 Å². The molecule has 2 atom stereocenters. The number of allylic oxidation sites excluding steroid dienone is 1. The first-order valence-electron chi connectivity index (χ1n) is 10.7. The van der Waals surface area contributed by atoms with Crippen molar-refractivity contribution in [2.45, 2.75) is 51.1 Å². The number of aromatic amines is 1. The summed E-state index contributed by atoms with van der Waals surface area (Å²) in [5.41, 5.74) is 7.56. The zero-order valence-electron chi connectivity index (χ0n) is 17.3. The van der Waals surface area contributed by atoms with E-state index in [1.165, 1.54) is 12.7 Å². The van der Waals surface area contributed by atoms with Gasteiger partial charge in [0.1, 0.15) is 11.2 Å². The van der Waals surface area contributed by atoms with Gasteiger partial charge in [-0.1, -0.05) is 6.08 Å². The van der Waals surface area contributed by atoms with E-state index in [4.69, 9.17) is 10.5 Å². The van der Waals surface area contributed by atoms with Crippen LogP contribution in [0.25, 0.3) is 10.9 Å². The van der Waals surface area contributed by atoms with Crippen LogP contribution in [0.3, 0.4) is 0 Å². The molecule has 1 aliphatic heterocycles. The number of anilines is 1. The molecule has 2 unspecified atom stereocenters. The summed E-state index contributed by atoms with van der Waals surface area (Å²) in [7, 11) is 1.47. The number of aromatic nitrogens is 2. The van der Waals surface area contributed by atoms with Crippen molar-refractivity contribution >= 4 is 16.6 Å². The van der Waals surface area contributed by atoms with Crippen molar-refractivity contribution in [3.63, 3.8) is 0 Å². The number of nitrogens with one attached hydrogen (secondary N) is 1. The van der Waals surface area contributed by atoms with Crippen LogP contribution < -0.4 is 26.6 Å². The molecule has 1 saturated heterocycles. The lowest BCUT2D eigenvalue weighted by Crippen LogP contribution is -2.33. The fourth-order valence-corrected chi connectivity index (χ4v) is 5.17. The van der Waals surface area contributed by atoms with Crippen LogP contribution in [0.2, 0.25) is 0 Å². The Labute approximate surface area is 173 Å². The Bertz CT molecular complexity index is 1180. The molecule has 0 amide bonds. The molecule has 1 saturated carbocycles. The molecular formula is C22H27FN4O3. The Kier molecular flexibility index (Phi) is 4.50. The quantitative estimate of drug-likeness (QED) is 0.752. The molecule has 0 radical (unpaired) electrons. The van der Waals surface area contributed by atoms with Gasteiger partial charge in [-0.3, -0.25) is 14.3 Å². The van der Waals surface area contributed by atoms with Crippen LogP contribution in [0.4, 0.5) is 10.1 Å². The highest BCUT2D eigenvalue weighted by atomic mass is 19.1. The first kappa shape index (κ1) is 19.4. The van der Waals surface area contributed by atoms with Gasteiger partial charge in [-0.25, -0.2) is 9.18 Å². The Hall–Kier alpha value is -2.61. The van der Waals surface area contributed by atoms with Crippen molar-refractivity contribution in [3.8, 4) is 5.75 Å². The van der Waals surface area contributed by atoms with E-state index < -0.39 is 17.1 Å². The first-order valence-corrected chi connectivity index (χ1v) is 10.7. The van der Waals surface area contributed by atoms with E-state index in [0.29, 0.717) is 24.3 Å². The van der Waals surface area contributed by atoms with Crippen molar-refractivity contribution in [1.29, 1.82) is 0 Å². The Morgan fingerprint density at radius 1 is 1.27 bits per heavy atom. The van der Waals surface area contributed by atoms with Crippen LogP contribution in [-0.4, -0.2) is 35.8 Å². The third-order valence-corrected chi connectivity index (χ3v) is 6.85. The molecule has 2 aliphatic carbocycles. The molecule has 8 heteroatoms. The number of fused-ring (bicyclic) bond motifs is 2. The summed E-state index contributed by atoms with van der Waals surface area (Å²) in [6.07, 6.45) is 6.95. The van der Waals surface area contributed by atoms with Gasteiger partial charge in [0, 0.05) is 36.7 Å². The fraction of sp³-hybridized carbons (Fsp3) is 0.545. The lowest BCUT2D eigenvalue weighted by Gasteiger charge is -2.26. The second kappa shape index (κ2) is 6.97. The molecule has 3 aliphatic rings. The normalized spacial score (nSPS) is 24.0. The number of benzene rings is 1. The fourth-order valence-electron chi connectivity index (χ4n) is 5.17. The van der Waals surface area contributed by atoms with Gasteiger partial charge in [-0.05, 0) is 44.6 Å². The maximum absolute atomic E-state index is 15.7. The van der Waals surface area contributed by atoms with Crippen molar-refractivity contribution in [2.75, 3.05) is 25.1 Å². The number of nitrogens with zero attached hydrogens (tertiary/aromatic N) is 2. The highest BCUT2D eigenvalue weighted by Crippen LogP contribution is 2.45. The maximum Gasteiger partial charge on any atom is 0.329 e. The molecule has 2 fully saturated rings. The number of ether oxygens (including phenoxy) is 1. The smallest absolute Gasteiger partial charge is 0.329 e. The molecule has 7 nitrogen and oxygen atoms in total. The average Bonchev–Trinajstić information content (AvgIpc) is 3.48. The number of halogens is 1. The Morgan fingerprint density at radius 2 is 2.03 bits per heavy atom. The lowest BCUT2D eigenvalue weighted by atomic mass is 9.94. The van der Waals surface area contributed by atoms with E-state index in [2.05, 4.69) is 11.1 Å². The van der Waals surface area contributed by atoms with Gasteiger partial charge < -0.3 is 15.4 Å². The van der Waals surface area contributed by atoms with Crippen LogP contribution in [0, 0.1) is 18.7 Å². The van der Waals surface area contributed by atoms with Gasteiger partial charge in [0.15, 0.2) is 11.6 Å². The van der Waals surface area contributed by atoms with E-state index in [9.17, 15) is 9.59 Å². The van der Waals surface area contributed by atoms with Gasteiger partial charge in [-0.15, -0.1) is 0 Å². The van der Waals surface area contributed by atoms with Gasteiger partial charge in [-0.2, -0.15) is 0 Å². The predicted octanol–water partition coefficient (Wildman–Crippen LogP) is 2.35. The van der Waals surface area contributed by atoms with Gasteiger partial charge >= 0.3 is 5.69 Å². The topological polar surface area (TPSA) is 93.3 Å². The highest BCUT2D eigenvalue weighted by molar-refractivity contribution is 5.94. The van der Waals surface area contributed by atoms with E-state index in [-0.39, 0.29) is 34.7 Å². The largest absolute Gasteiger partial charge is 0.492 e. The minimum atomic E-state index is -0.579. The molecule has 3 N–H and O–H groups in total. The van der Waals surface area contributed by atoms with Gasteiger partial charge in [0.05, 0.1) is 12.5 Å². The van der Waals surface area contributed by atoms with E-state index in [0.717, 1.165) is 32.1 Å². The van der Waals surface area contributed by atoms with E-state index in [1.807, 2.05) is 4.90 Å². The zero-order valence-corrected chi connectivity index (χ0v) is 17.3. The van der Waals surface area contributed by atoms with Crippen molar-refractivity contribution in [2.24, 2.45) is 11.7 Å². The molecule has 2 aromatic rings. The summed E-state index contributed by atoms with van der Waals surface area (Å²) < 4.78 is 23.0. The third-order valence-electron chi connectivity index (χ3n) is 6.85. The minimum Gasteiger partial charge on any atom is -0.492 e. The number of H-pyrrole nitrogens is 1. The van der Waals surface area contributed by atoms with E-state index in [1.54, 1.807) is 11.5 Å². The summed E-state index contributed by atoms with van der Waals surface area (Å²) in [4.78, 5) is 29.6. The molecule has 5 rings (SSSR count). The van der Waals surface area contributed by atoms with Crippen LogP contribution >= 0.6 is 0 Å². The number of methoxy groups -OCH3 is 1. The molecule has 0 bridgehead atoms. The molecule has 0 spiro atoms. The lowest BCUT2D eigenvalue weighted by molar-refractivity contribution is 0.412. The zero-order chi connectivity index (χ0) is 21.2. The number of hydrogen-bond donors (Lipinski definition) is 2. The number of nitrogens with two attached hydrogens (primary N) is 1. The maximum atomic E-state index is 15.7. The van der Waals surface area contributed by atoms with Gasteiger partial charge in [0.2, 0.25) is 0 Å². The van der Waals surface area contributed by atoms with Crippen molar-refractivity contribution < 1.29 is 9.13 Å². The summed E-state index contributed by atoms with van der Waals surface area (Å²) >= 11 is 0. The Morgan fingerprint density at radius 3 is 2.73 bits per heavy atom. The minimum absolute atomic E-state index is 0.00395. The molecular weight excluding hydrogens is 387 g/mol. The number of aryl methyl sites for hydroxylation is 1. The highest BCUT2D eigenvalue weighted by Gasteiger charge is 2.38. The summed E-state index contributed by atoms with van der Waals surface area (Å²) in [6, 6.07) is 0.0520. The molecule has 2 heterocycles. The van der Waals surface area contributed by atoms with Crippen LogP contribution in [0.5, 0.6) is 5.75 Å². The number of hydrogen-bond acceptors (Lipinski definition) is 5. The van der Waals surface area contributed by atoms with Crippen molar-refractivity contribution in [1.82, 2.24) is 9.55 Å². The second-order valence-corrected chi connectivity index (χ2v) is 8.77. The molecule has 30 heavy (non-hydrogen) atoms. The summed E-state index contributed by atoms with van der Waals surface area (Å²) in [6.45, 7) is 2.77. The monoisotopic (exact) mass is 414 g/mol. The summed E-state index contributed by atoms with van der Waals surface area (Å²) in [5, 5.41) is 0.184. The molecule has 1 aromatic heterocycles. The third kappa shape index (κ3) is 2.80. The molecule has 1 aromatic carbocycles. The standard InChI is InChI=1S/C22H27FN4O3/c1-11-16-18(27(13-7-8-13)22(29)25-21(16)28)20(30-2)19(17(11)23)26-9-12-5-3-4-6-15(24)14(12)10-26/h5,13-15H,3-4,6-10,24H2,1-2H3,(H,25,28,29). The van der Waals surface area contributed by atoms with Gasteiger partial charge in [0.25, 0.3) is 5.56 Å². The SMILES string of the molecule is COc1c(N2CC3=CCCCC(N)C3C2)c(F)c(C)c2c(=O)[nH]c(=O)n(C3CC3)c12. The number of rotatable bonds is 3. The van der Waals surface area contributed by atoms with E-state index >= 15 is 4.39 Å². The average molecular weight is 414 g/mol. The molecule has 160 valence electrons. The Balaban J connectivity index is 1.77. The van der Waals surface area contributed by atoms with Crippen LogP contribution in [0.1, 0.15) is 43.7 Å². The predicted molar refractivity (Wildman–Crippen MR) is 114 cm³/mol.